The zero-order valence-electron chi connectivity index (χ0n) is 27.8. The summed E-state index contributed by atoms with van der Waals surface area (Å²) in [6, 6.07) is 14.7. The van der Waals surface area contributed by atoms with Crippen LogP contribution in [0.3, 0.4) is 0 Å². The number of hydrogen-bond acceptors (Lipinski definition) is 10. The van der Waals surface area contributed by atoms with E-state index in [0.29, 0.717) is 16.7 Å². The third-order valence-electron chi connectivity index (χ3n) is 7.00. The van der Waals surface area contributed by atoms with Crippen LogP contribution < -0.4 is 15.4 Å². The quantitative estimate of drug-likeness (QED) is 0.118. The fraction of sp³-hybridized carbons (Fsp3) is 0.364. The highest BCUT2D eigenvalue weighted by Gasteiger charge is 2.63. The molecule has 0 aliphatic rings. The van der Waals surface area contributed by atoms with E-state index in [1.165, 1.54) is 38.1 Å². The van der Waals surface area contributed by atoms with E-state index in [1.807, 2.05) is 10.0 Å². The first kappa shape index (κ1) is 40.2. The summed E-state index contributed by atoms with van der Waals surface area (Å²) >= 11 is 0. The van der Waals surface area contributed by atoms with Gasteiger partial charge in [-0.1, -0.05) is 78.4 Å². The number of benzene rings is 3. The number of carbonyl (C=O) groups is 3. The largest absolute Gasteiger partial charge is 0.460 e. The van der Waals surface area contributed by atoms with Crippen LogP contribution in [-0.2, 0) is 55.9 Å². The molecule has 0 bridgehead atoms. The Bertz CT molecular complexity index is 1720. The molecule has 272 valence electrons. The van der Waals surface area contributed by atoms with Crippen molar-refractivity contribution in [1.82, 2.24) is 15.4 Å². The van der Waals surface area contributed by atoms with Crippen LogP contribution in [0.5, 0.6) is 0 Å². The Kier molecular flexibility index (Phi) is 14.6. The number of carbonyl (C=O) groups excluding carboxylic acids is 3. The molecule has 50 heavy (non-hydrogen) atoms. The summed E-state index contributed by atoms with van der Waals surface area (Å²) in [5.74, 6) is -2.89. The zero-order chi connectivity index (χ0) is 37.0. The zero-order valence-corrected chi connectivity index (χ0v) is 29.5. The Hall–Kier alpha value is -4.21. The minimum absolute atomic E-state index is 0.177. The fourth-order valence-electron chi connectivity index (χ4n) is 4.40. The van der Waals surface area contributed by atoms with E-state index >= 15 is 8.78 Å². The predicted molar refractivity (Wildman–Crippen MR) is 178 cm³/mol. The minimum atomic E-state index is -5.55. The van der Waals surface area contributed by atoms with Gasteiger partial charge in [-0.15, -0.1) is 0 Å². The highest BCUT2D eigenvalue weighted by atomic mass is 32.2. The summed E-state index contributed by atoms with van der Waals surface area (Å²) in [5, 5.41) is 4.09. The van der Waals surface area contributed by atoms with Gasteiger partial charge in [0.05, 0.1) is 18.1 Å². The number of nitrogens with one attached hydrogen (secondary N) is 3. The minimum Gasteiger partial charge on any atom is -0.460 e. The molecule has 0 saturated heterocycles. The lowest BCUT2D eigenvalue weighted by atomic mass is 10.1. The Morgan fingerprint density at radius 1 is 0.800 bits per heavy atom. The van der Waals surface area contributed by atoms with Crippen molar-refractivity contribution in [3.05, 3.63) is 102 Å². The van der Waals surface area contributed by atoms with Crippen LogP contribution in [0.4, 0.5) is 13.6 Å². The van der Waals surface area contributed by atoms with Crippen LogP contribution in [-0.4, -0.2) is 63.4 Å². The van der Waals surface area contributed by atoms with Crippen molar-refractivity contribution in [2.75, 3.05) is 13.2 Å². The smallest absolute Gasteiger partial charge is 0.408 e. The third-order valence-corrected chi connectivity index (χ3v) is 10.7. The lowest BCUT2D eigenvalue weighted by Gasteiger charge is -2.36. The van der Waals surface area contributed by atoms with Gasteiger partial charge in [-0.05, 0) is 51.0 Å². The maximum atomic E-state index is 16.6. The Balaban J connectivity index is 2.03. The summed E-state index contributed by atoms with van der Waals surface area (Å²) in [4.78, 5) is 39.1. The standard InChI is InChI=1S/C33H40F2N3O10PS/c1-5-47-49(42,48-6-2)33(34,35)29(37-30(39)24(4)36-32(41)46-22-26-15-11-8-12-16-26)28(31(40)45-21-25-13-9-7-10-14-25)38-50(43,44)27-19-17-23(3)18-20-27/h7-20,24,28-29,38H,5-6,21-22H2,1-4H3,(H,36,41)(H,37,39)/t24-,28-,29-/m0/s1. The molecule has 3 rings (SSSR count). The van der Waals surface area contributed by atoms with Crippen molar-refractivity contribution in [2.45, 2.75) is 69.6 Å². The van der Waals surface area contributed by atoms with Crippen molar-refractivity contribution in [3.63, 3.8) is 0 Å². The number of alkyl halides is 2. The molecule has 17 heteroatoms. The van der Waals surface area contributed by atoms with E-state index in [1.54, 1.807) is 67.6 Å². The molecule has 3 N–H and O–H groups in total. The number of rotatable bonds is 18. The molecular formula is C33H40F2N3O10PS. The Labute approximate surface area is 289 Å². The average Bonchev–Trinajstić information content (AvgIpc) is 3.08. The molecule has 0 fully saturated rings. The summed E-state index contributed by atoms with van der Waals surface area (Å²) in [6.07, 6.45) is -1.09. The van der Waals surface area contributed by atoms with E-state index in [-0.39, 0.29) is 6.61 Å². The molecule has 3 aromatic carbocycles. The molecular weight excluding hydrogens is 699 g/mol. The monoisotopic (exact) mass is 739 g/mol. The number of aryl methyl sites for hydroxylation is 1. The number of amides is 2. The molecule has 0 aromatic heterocycles. The van der Waals surface area contributed by atoms with Gasteiger partial charge in [0.25, 0.3) is 0 Å². The summed E-state index contributed by atoms with van der Waals surface area (Å²) in [5.41, 5.74) is -3.04. The number of alkyl carbamates (subject to hydrolysis) is 1. The normalized spacial score (nSPS) is 13.8. The van der Waals surface area contributed by atoms with E-state index in [0.717, 1.165) is 6.92 Å². The number of halogens is 2. The van der Waals surface area contributed by atoms with Crippen molar-refractivity contribution in [2.24, 2.45) is 0 Å². The molecule has 0 unspecified atom stereocenters. The molecule has 0 spiro atoms. The molecule has 13 nitrogen and oxygen atoms in total. The predicted octanol–water partition coefficient (Wildman–Crippen LogP) is 5.04. The van der Waals surface area contributed by atoms with Gasteiger partial charge in [-0.3, -0.25) is 14.2 Å². The highest BCUT2D eigenvalue weighted by Crippen LogP contribution is 2.63. The van der Waals surface area contributed by atoms with E-state index in [2.05, 4.69) is 5.32 Å². The van der Waals surface area contributed by atoms with Crippen LogP contribution in [0.2, 0.25) is 0 Å². The summed E-state index contributed by atoms with van der Waals surface area (Å²) < 4.78 is 96.0. The van der Waals surface area contributed by atoms with Crippen LogP contribution in [0.1, 0.15) is 37.5 Å². The number of sulfonamides is 1. The van der Waals surface area contributed by atoms with Gasteiger partial charge >= 0.3 is 25.3 Å². The van der Waals surface area contributed by atoms with Crippen LogP contribution in [0.15, 0.2) is 89.8 Å². The second-order valence-electron chi connectivity index (χ2n) is 10.8. The van der Waals surface area contributed by atoms with Crippen molar-refractivity contribution in [1.29, 1.82) is 0 Å². The van der Waals surface area contributed by atoms with Gasteiger partial charge in [0.1, 0.15) is 31.3 Å². The molecule has 0 radical (unpaired) electrons. The fourth-order valence-corrected chi connectivity index (χ4v) is 7.25. The molecule has 2 amide bonds. The number of esters is 1. The lowest BCUT2D eigenvalue weighted by Crippen LogP contribution is -2.64. The first-order valence-corrected chi connectivity index (χ1v) is 18.5. The maximum Gasteiger partial charge on any atom is 0.408 e. The first-order valence-electron chi connectivity index (χ1n) is 15.5. The van der Waals surface area contributed by atoms with Gasteiger partial charge in [-0.25, -0.2) is 13.2 Å². The second kappa shape index (κ2) is 18.2. The average molecular weight is 740 g/mol. The van der Waals surface area contributed by atoms with Crippen LogP contribution >= 0.6 is 7.60 Å². The van der Waals surface area contributed by atoms with E-state index < -0.39 is 84.1 Å². The first-order chi connectivity index (χ1) is 23.6. The van der Waals surface area contributed by atoms with Gasteiger partial charge < -0.3 is 29.2 Å². The molecule has 0 saturated carbocycles. The van der Waals surface area contributed by atoms with E-state index in [9.17, 15) is 27.4 Å². The van der Waals surface area contributed by atoms with Gasteiger partial charge in [-0.2, -0.15) is 13.5 Å². The molecule has 3 aromatic rings. The topological polar surface area (TPSA) is 175 Å². The van der Waals surface area contributed by atoms with Gasteiger partial charge in [0.2, 0.25) is 15.9 Å². The van der Waals surface area contributed by atoms with Crippen LogP contribution in [0, 0.1) is 6.92 Å². The molecule has 0 aliphatic heterocycles. The SMILES string of the molecule is CCOP(=O)(OCC)C(F)(F)[C@@H](NC(=O)[C@H](C)NC(=O)OCc1ccccc1)[C@H](NS(=O)(=O)c1ccc(C)cc1)C(=O)OCc1ccccc1. The van der Waals surface area contributed by atoms with E-state index in [4.69, 9.17) is 18.5 Å². The molecule has 3 atom stereocenters. The molecule has 0 heterocycles. The van der Waals surface area contributed by atoms with Crippen molar-refractivity contribution in [3.8, 4) is 0 Å². The van der Waals surface area contributed by atoms with Crippen LogP contribution in [0.25, 0.3) is 0 Å². The maximum absolute atomic E-state index is 16.6. The second-order valence-corrected chi connectivity index (χ2v) is 14.7. The van der Waals surface area contributed by atoms with Gasteiger partial charge in [0.15, 0.2) is 0 Å². The number of ether oxygens (including phenoxy) is 2. The number of hydrogen-bond donors (Lipinski definition) is 3. The van der Waals surface area contributed by atoms with Crippen molar-refractivity contribution >= 4 is 35.6 Å². The highest BCUT2D eigenvalue weighted by molar-refractivity contribution is 7.89. The van der Waals surface area contributed by atoms with Crippen molar-refractivity contribution < 1.29 is 54.7 Å². The molecule has 0 aliphatic carbocycles. The third kappa shape index (κ3) is 10.9. The Morgan fingerprint density at radius 2 is 1.30 bits per heavy atom. The van der Waals surface area contributed by atoms with Gasteiger partial charge in [0, 0.05) is 0 Å². The lowest BCUT2D eigenvalue weighted by molar-refractivity contribution is -0.150. The Morgan fingerprint density at radius 3 is 1.80 bits per heavy atom. The summed E-state index contributed by atoms with van der Waals surface area (Å²) in [7, 11) is -10.3. The summed E-state index contributed by atoms with van der Waals surface area (Å²) in [6.45, 7) is 3.58.